The van der Waals surface area contributed by atoms with E-state index in [0.717, 1.165) is 18.4 Å². The number of nitrogens with zero attached hydrogens (tertiary/aromatic N) is 3. The van der Waals surface area contributed by atoms with Gasteiger partial charge in [-0.05, 0) is 43.0 Å². The molecule has 1 heterocycles. The van der Waals surface area contributed by atoms with Crippen molar-refractivity contribution in [2.45, 2.75) is 38.8 Å². The molecule has 0 spiro atoms. The lowest BCUT2D eigenvalue weighted by Gasteiger charge is -2.23. The third-order valence-corrected chi connectivity index (χ3v) is 5.08. The Morgan fingerprint density at radius 3 is 2.47 bits per heavy atom. The lowest BCUT2D eigenvalue weighted by molar-refractivity contribution is -0.121. The van der Waals surface area contributed by atoms with E-state index in [1.54, 1.807) is 12.1 Å². The minimum atomic E-state index is -0.343. The Hall–Kier alpha value is -3.61. The number of halogens is 1. The highest BCUT2D eigenvalue weighted by atomic mass is 19.1. The molecule has 32 heavy (non-hydrogen) atoms. The summed E-state index contributed by atoms with van der Waals surface area (Å²) in [6.07, 6.45) is 6.20. The second-order valence-electron chi connectivity index (χ2n) is 7.69. The maximum atomic E-state index is 13.2. The number of aryl methyl sites for hydroxylation is 1. The Labute approximate surface area is 187 Å². The molecule has 0 aliphatic rings. The molecule has 3 rings (SSSR count). The molecule has 1 atom stereocenters. The fraction of sp³-hybridized carbons (Fsp3) is 0.280. The van der Waals surface area contributed by atoms with Crippen molar-refractivity contribution in [3.63, 3.8) is 0 Å². The second-order valence-corrected chi connectivity index (χ2v) is 7.69. The summed E-state index contributed by atoms with van der Waals surface area (Å²) in [5, 5.41) is 3.00. The van der Waals surface area contributed by atoms with Gasteiger partial charge in [-0.2, -0.15) is 0 Å². The highest BCUT2D eigenvalue weighted by Crippen LogP contribution is 2.11. The van der Waals surface area contributed by atoms with Crippen LogP contribution in [0.15, 0.2) is 73.2 Å². The van der Waals surface area contributed by atoms with Crippen molar-refractivity contribution in [2.75, 3.05) is 6.54 Å². The smallest absolute Gasteiger partial charge is 0.274 e. The summed E-state index contributed by atoms with van der Waals surface area (Å²) in [7, 11) is 0. The van der Waals surface area contributed by atoms with Gasteiger partial charge in [0.2, 0.25) is 5.91 Å². The second kappa shape index (κ2) is 11.7. The number of carbonyl (C=O) groups is 2. The maximum Gasteiger partial charge on any atom is 0.274 e. The van der Waals surface area contributed by atoms with Crippen LogP contribution in [-0.4, -0.2) is 39.3 Å². The fourth-order valence-electron chi connectivity index (χ4n) is 3.32. The van der Waals surface area contributed by atoms with Gasteiger partial charge in [0, 0.05) is 37.9 Å². The molecule has 6 nitrogen and oxygen atoms in total. The van der Waals surface area contributed by atoms with Crippen LogP contribution < -0.4 is 5.32 Å². The summed E-state index contributed by atoms with van der Waals surface area (Å²) in [4.78, 5) is 35.0. The highest BCUT2D eigenvalue weighted by Gasteiger charge is 2.19. The van der Waals surface area contributed by atoms with Crippen molar-refractivity contribution in [2.24, 2.45) is 0 Å². The first kappa shape index (κ1) is 23.1. The normalized spacial score (nSPS) is 11.6. The standard InChI is InChI=1S/C25H27FN4O2/c1-19(7-8-20-5-3-2-4-6-20)29-24(31)13-16-30(18-21-9-11-22(26)12-10-21)25(32)23-17-27-14-15-28-23/h2-6,9-12,14-15,17,19H,7-8,13,16,18H2,1H3,(H,29,31). The van der Waals surface area contributed by atoms with Crippen LogP contribution in [0.25, 0.3) is 0 Å². The number of amides is 2. The van der Waals surface area contributed by atoms with E-state index in [0.29, 0.717) is 0 Å². The Morgan fingerprint density at radius 2 is 1.78 bits per heavy atom. The molecule has 0 aliphatic carbocycles. The molecule has 0 fully saturated rings. The van der Waals surface area contributed by atoms with Crippen LogP contribution in [0.3, 0.4) is 0 Å². The number of hydrogen-bond acceptors (Lipinski definition) is 4. The van der Waals surface area contributed by atoms with Crippen LogP contribution in [-0.2, 0) is 17.8 Å². The quantitative estimate of drug-likeness (QED) is 0.527. The third kappa shape index (κ3) is 7.27. The molecule has 0 aliphatic heterocycles. The summed E-state index contributed by atoms with van der Waals surface area (Å²) >= 11 is 0. The zero-order valence-corrected chi connectivity index (χ0v) is 18.1. The van der Waals surface area contributed by atoms with Crippen LogP contribution in [0.2, 0.25) is 0 Å². The van der Waals surface area contributed by atoms with Gasteiger partial charge in [-0.15, -0.1) is 0 Å². The Bertz CT molecular complexity index is 997. The topological polar surface area (TPSA) is 75.2 Å². The van der Waals surface area contributed by atoms with Gasteiger partial charge in [0.1, 0.15) is 11.5 Å². The molecule has 2 amide bonds. The molecule has 0 bridgehead atoms. The van der Waals surface area contributed by atoms with Crippen molar-refractivity contribution in [1.82, 2.24) is 20.2 Å². The van der Waals surface area contributed by atoms with Gasteiger partial charge in [-0.1, -0.05) is 42.5 Å². The first-order valence-corrected chi connectivity index (χ1v) is 10.6. The van der Waals surface area contributed by atoms with Gasteiger partial charge >= 0.3 is 0 Å². The minimum absolute atomic E-state index is 0.0175. The number of carbonyl (C=O) groups excluding carboxylic acids is 2. The molecule has 1 aromatic heterocycles. The number of aromatic nitrogens is 2. The predicted octanol–water partition coefficient (Wildman–Crippen LogP) is 3.79. The molecule has 0 saturated heterocycles. The van der Waals surface area contributed by atoms with E-state index >= 15 is 0 Å². The van der Waals surface area contributed by atoms with Gasteiger partial charge in [0.15, 0.2) is 0 Å². The average molecular weight is 435 g/mol. The van der Waals surface area contributed by atoms with Gasteiger partial charge in [-0.25, -0.2) is 9.37 Å². The van der Waals surface area contributed by atoms with Crippen molar-refractivity contribution in [1.29, 1.82) is 0 Å². The molecule has 1 N–H and O–H groups in total. The SMILES string of the molecule is CC(CCc1ccccc1)NC(=O)CCN(Cc1ccc(F)cc1)C(=O)c1cnccn1. The summed E-state index contributed by atoms with van der Waals surface area (Å²) in [6.45, 7) is 2.43. The van der Waals surface area contributed by atoms with Crippen LogP contribution in [0.1, 0.15) is 41.4 Å². The molecule has 7 heteroatoms. The molecule has 1 unspecified atom stereocenters. The molecule has 0 radical (unpaired) electrons. The zero-order chi connectivity index (χ0) is 22.8. The summed E-state index contributed by atoms with van der Waals surface area (Å²) in [6, 6.07) is 16.1. The van der Waals surface area contributed by atoms with E-state index in [1.807, 2.05) is 25.1 Å². The number of hydrogen-bond donors (Lipinski definition) is 1. The number of nitrogens with one attached hydrogen (secondary N) is 1. The Morgan fingerprint density at radius 1 is 1.03 bits per heavy atom. The van der Waals surface area contributed by atoms with E-state index in [1.165, 1.54) is 41.2 Å². The molecular formula is C25H27FN4O2. The van der Waals surface area contributed by atoms with Gasteiger partial charge in [-0.3, -0.25) is 14.6 Å². The van der Waals surface area contributed by atoms with Gasteiger partial charge in [0.05, 0.1) is 6.20 Å². The fourth-order valence-corrected chi connectivity index (χ4v) is 3.32. The van der Waals surface area contributed by atoms with Crippen molar-refractivity contribution < 1.29 is 14.0 Å². The van der Waals surface area contributed by atoms with E-state index in [2.05, 4.69) is 27.4 Å². The minimum Gasteiger partial charge on any atom is -0.354 e. The third-order valence-electron chi connectivity index (χ3n) is 5.08. The zero-order valence-electron chi connectivity index (χ0n) is 18.1. The highest BCUT2D eigenvalue weighted by molar-refractivity contribution is 5.92. The lowest BCUT2D eigenvalue weighted by atomic mass is 10.1. The first-order chi connectivity index (χ1) is 15.5. The Kier molecular flexibility index (Phi) is 8.43. The summed E-state index contributed by atoms with van der Waals surface area (Å²) < 4.78 is 13.2. The van der Waals surface area contributed by atoms with Crippen molar-refractivity contribution in [3.05, 3.63) is 95.8 Å². The van der Waals surface area contributed by atoms with Crippen LogP contribution in [0.4, 0.5) is 4.39 Å². The van der Waals surface area contributed by atoms with E-state index < -0.39 is 0 Å². The van der Waals surface area contributed by atoms with Gasteiger partial charge in [0.25, 0.3) is 5.91 Å². The first-order valence-electron chi connectivity index (χ1n) is 10.6. The van der Waals surface area contributed by atoms with Crippen LogP contribution in [0.5, 0.6) is 0 Å². The molecule has 3 aromatic rings. The number of rotatable bonds is 10. The molecular weight excluding hydrogens is 407 g/mol. The summed E-state index contributed by atoms with van der Waals surface area (Å²) in [5.74, 6) is -0.793. The monoisotopic (exact) mass is 434 g/mol. The summed E-state index contributed by atoms with van der Waals surface area (Å²) in [5.41, 5.74) is 2.19. The van der Waals surface area contributed by atoms with Crippen LogP contribution >= 0.6 is 0 Å². The number of benzene rings is 2. The maximum absolute atomic E-state index is 13.2. The largest absolute Gasteiger partial charge is 0.354 e. The van der Waals surface area contributed by atoms with Crippen molar-refractivity contribution >= 4 is 11.8 Å². The van der Waals surface area contributed by atoms with E-state index in [4.69, 9.17) is 0 Å². The Balaban J connectivity index is 1.56. The molecule has 166 valence electrons. The van der Waals surface area contributed by atoms with Crippen molar-refractivity contribution in [3.8, 4) is 0 Å². The van der Waals surface area contributed by atoms with Crippen LogP contribution in [0, 0.1) is 5.82 Å². The van der Waals surface area contributed by atoms with E-state index in [9.17, 15) is 14.0 Å². The molecule has 2 aromatic carbocycles. The van der Waals surface area contributed by atoms with E-state index in [-0.39, 0.29) is 48.9 Å². The molecule has 0 saturated carbocycles. The average Bonchev–Trinajstić information content (AvgIpc) is 2.82. The lowest BCUT2D eigenvalue weighted by Crippen LogP contribution is -2.38. The predicted molar refractivity (Wildman–Crippen MR) is 120 cm³/mol. The van der Waals surface area contributed by atoms with Gasteiger partial charge < -0.3 is 10.2 Å².